The number of nitrogens with one attached hydrogen (secondary N) is 1. The third-order valence-corrected chi connectivity index (χ3v) is 4.56. The number of ether oxygens (including phenoxy) is 1. The third-order valence-electron chi connectivity index (χ3n) is 3.43. The zero-order chi connectivity index (χ0) is 15.2. The van der Waals surface area contributed by atoms with Gasteiger partial charge in [-0.15, -0.1) is 0 Å². The molecule has 0 unspecified atom stereocenters. The molecular weight excluding hydrogens is 290 g/mol. The molecule has 0 aromatic carbocycles. The van der Waals surface area contributed by atoms with Crippen molar-refractivity contribution in [2.24, 2.45) is 0 Å². The molecule has 0 radical (unpaired) electrons. The second-order valence-electron chi connectivity index (χ2n) is 5.10. The second kappa shape index (κ2) is 7.58. The van der Waals surface area contributed by atoms with Gasteiger partial charge in [-0.1, -0.05) is 11.3 Å². The molecule has 118 valence electrons. The zero-order valence-corrected chi connectivity index (χ0v) is 13.4. The summed E-state index contributed by atoms with van der Waals surface area (Å²) in [6.07, 6.45) is 0.784. The van der Waals surface area contributed by atoms with Crippen LogP contribution >= 0.6 is 11.3 Å². The lowest BCUT2D eigenvalue weighted by Crippen LogP contribution is -2.44. The van der Waals surface area contributed by atoms with E-state index in [0.717, 1.165) is 37.7 Å². The number of carbonyl (C=O) groups excluding carboxylic acids is 1. The molecular formula is C13H23N5O2S. The lowest BCUT2D eigenvalue weighted by molar-refractivity contribution is 0.0953. The Morgan fingerprint density at radius 2 is 2.14 bits per heavy atom. The smallest absolute Gasteiger partial charge is 0.265 e. The first-order chi connectivity index (χ1) is 10.1. The number of hydrogen-bond donors (Lipinski definition) is 2. The maximum Gasteiger partial charge on any atom is 0.265 e. The van der Waals surface area contributed by atoms with Crippen molar-refractivity contribution in [3.05, 3.63) is 4.88 Å². The Labute approximate surface area is 129 Å². The Balaban J connectivity index is 1.93. The van der Waals surface area contributed by atoms with Crippen molar-refractivity contribution in [1.29, 1.82) is 0 Å². The molecule has 1 aromatic heterocycles. The molecule has 1 aliphatic rings. The number of hydrogen-bond acceptors (Lipinski definition) is 7. The number of carbonyl (C=O) groups is 1. The molecule has 3 N–H and O–H groups in total. The number of rotatable bonds is 6. The van der Waals surface area contributed by atoms with Crippen molar-refractivity contribution in [1.82, 2.24) is 15.2 Å². The topological polar surface area (TPSA) is 83.7 Å². The van der Waals surface area contributed by atoms with Crippen LogP contribution in [-0.2, 0) is 4.74 Å². The van der Waals surface area contributed by atoms with Gasteiger partial charge in [-0.25, -0.2) is 4.98 Å². The summed E-state index contributed by atoms with van der Waals surface area (Å²) in [5.74, 6) is 0.166. The summed E-state index contributed by atoms with van der Waals surface area (Å²) >= 11 is 1.37. The normalized spacial score (nSPS) is 16.2. The van der Waals surface area contributed by atoms with E-state index in [0.29, 0.717) is 23.8 Å². The first-order valence-corrected chi connectivity index (χ1v) is 7.90. The van der Waals surface area contributed by atoms with E-state index in [1.54, 1.807) is 7.11 Å². The molecule has 8 heteroatoms. The second-order valence-corrected chi connectivity index (χ2v) is 6.08. The highest BCUT2D eigenvalue weighted by atomic mass is 32.1. The highest BCUT2D eigenvalue weighted by Crippen LogP contribution is 2.28. The number of nitrogens with zero attached hydrogens (tertiary/aromatic N) is 3. The standard InChI is InChI=1S/C13H23N5O2S/c1-17-5-7-18(8-6-17)13-16-11(14)10(21-13)12(19)15-4-3-9-20-2/h3-9,14H2,1-2H3,(H,15,19). The molecule has 0 spiro atoms. The van der Waals surface area contributed by atoms with Gasteiger partial charge >= 0.3 is 0 Å². The largest absolute Gasteiger partial charge is 0.385 e. The van der Waals surface area contributed by atoms with Crippen LogP contribution in [-0.4, -0.2) is 69.3 Å². The number of methoxy groups -OCH3 is 1. The molecule has 0 atom stereocenters. The zero-order valence-electron chi connectivity index (χ0n) is 12.6. The fourth-order valence-electron chi connectivity index (χ4n) is 2.11. The summed E-state index contributed by atoms with van der Waals surface area (Å²) in [5, 5.41) is 3.68. The number of likely N-dealkylation sites (N-methyl/N-ethyl adjacent to an activating group) is 1. The molecule has 1 aliphatic heterocycles. The summed E-state index contributed by atoms with van der Waals surface area (Å²) in [7, 11) is 3.75. The highest BCUT2D eigenvalue weighted by Gasteiger charge is 2.21. The molecule has 7 nitrogen and oxygen atoms in total. The van der Waals surface area contributed by atoms with Crippen LogP contribution in [0.1, 0.15) is 16.1 Å². The van der Waals surface area contributed by atoms with E-state index in [1.165, 1.54) is 11.3 Å². The Hall–Kier alpha value is -1.38. The molecule has 0 aliphatic carbocycles. The molecule has 2 heterocycles. The van der Waals surface area contributed by atoms with Crippen LogP contribution < -0.4 is 16.0 Å². The van der Waals surface area contributed by atoms with Gasteiger partial charge in [0.05, 0.1) is 0 Å². The van der Waals surface area contributed by atoms with Crippen LogP contribution in [0.15, 0.2) is 0 Å². The summed E-state index contributed by atoms with van der Waals surface area (Å²) in [6, 6.07) is 0. The molecule has 1 aromatic rings. The fraction of sp³-hybridized carbons (Fsp3) is 0.692. The number of nitrogens with two attached hydrogens (primary N) is 1. The van der Waals surface area contributed by atoms with Gasteiger partial charge in [0.2, 0.25) is 0 Å². The predicted octanol–water partition coefficient (Wildman–Crippen LogP) is 0.243. The predicted molar refractivity (Wildman–Crippen MR) is 85.1 cm³/mol. The Bertz CT molecular complexity index is 471. The average Bonchev–Trinajstić information content (AvgIpc) is 2.86. The van der Waals surface area contributed by atoms with Crippen LogP contribution in [0.2, 0.25) is 0 Å². The van der Waals surface area contributed by atoms with Crippen molar-refractivity contribution < 1.29 is 9.53 Å². The average molecular weight is 313 g/mol. The van der Waals surface area contributed by atoms with E-state index >= 15 is 0 Å². The van der Waals surface area contributed by atoms with Gasteiger partial charge in [-0.2, -0.15) is 0 Å². The quantitative estimate of drug-likeness (QED) is 0.732. The first kappa shape index (κ1) is 16.0. The SMILES string of the molecule is COCCCNC(=O)c1sc(N2CCN(C)CC2)nc1N. The maximum absolute atomic E-state index is 12.1. The number of anilines is 2. The highest BCUT2D eigenvalue weighted by molar-refractivity contribution is 7.18. The Morgan fingerprint density at radius 1 is 1.43 bits per heavy atom. The van der Waals surface area contributed by atoms with Crippen LogP contribution in [0, 0.1) is 0 Å². The minimum absolute atomic E-state index is 0.151. The van der Waals surface area contributed by atoms with E-state index in [4.69, 9.17) is 10.5 Å². The van der Waals surface area contributed by atoms with Crippen LogP contribution in [0.3, 0.4) is 0 Å². The third kappa shape index (κ3) is 4.29. The number of amides is 1. The van der Waals surface area contributed by atoms with Crippen molar-refractivity contribution in [3.63, 3.8) is 0 Å². The van der Waals surface area contributed by atoms with Gasteiger partial charge in [-0.05, 0) is 13.5 Å². The monoisotopic (exact) mass is 313 g/mol. The molecule has 1 amide bonds. The molecule has 0 bridgehead atoms. The number of thiazole rings is 1. The van der Waals surface area contributed by atoms with Gasteiger partial charge in [0.1, 0.15) is 10.7 Å². The van der Waals surface area contributed by atoms with E-state index in [2.05, 4.69) is 27.1 Å². The van der Waals surface area contributed by atoms with Crippen LogP contribution in [0.4, 0.5) is 10.9 Å². The number of piperazine rings is 1. The lowest BCUT2D eigenvalue weighted by atomic mass is 10.3. The summed E-state index contributed by atoms with van der Waals surface area (Å²) in [4.78, 5) is 21.4. The molecule has 0 saturated carbocycles. The van der Waals surface area contributed by atoms with Crippen molar-refractivity contribution in [2.45, 2.75) is 6.42 Å². The van der Waals surface area contributed by atoms with Crippen molar-refractivity contribution >= 4 is 28.2 Å². The van der Waals surface area contributed by atoms with E-state index in [9.17, 15) is 4.79 Å². The van der Waals surface area contributed by atoms with Gasteiger partial charge in [0, 0.05) is 46.4 Å². The molecule has 21 heavy (non-hydrogen) atoms. The minimum Gasteiger partial charge on any atom is -0.385 e. The molecule has 2 rings (SSSR count). The Kier molecular flexibility index (Phi) is 5.77. The summed E-state index contributed by atoms with van der Waals surface area (Å²) in [5.41, 5.74) is 5.88. The lowest BCUT2D eigenvalue weighted by Gasteiger charge is -2.31. The maximum atomic E-state index is 12.1. The summed E-state index contributed by atoms with van der Waals surface area (Å²) < 4.78 is 4.95. The van der Waals surface area contributed by atoms with E-state index < -0.39 is 0 Å². The van der Waals surface area contributed by atoms with E-state index in [1.807, 2.05) is 0 Å². The molecule has 1 saturated heterocycles. The summed E-state index contributed by atoms with van der Waals surface area (Å²) in [6.45, 7) is 5.03. The van der Waals surface area contributed by atoms with Gasteiger partial charge in [-0.3, -0.25) is 4.79 Å². The first-order valence-electron chi connectivity index (χ1n) is 7.08. The van der Waals surface area contributed by atoms with Gasteiger partial charge in [0.25, 0.3) is 5.91 Å². The number of aromatic nitrogens is 1. The van der Waals surface area contributed by atoms with Gasteiger partial charge in [0.15, 0.2) is 5.13 Å². The Morgan fingerprint density at radius 3 is 2.81 bits per heavy atom. The number of nitrogen functional groups attached to an aromatic ring is 1. The van der Waals surface area contributed by atoms with E-state index in [-0.39, 0.29) is 5.91 Å². The van der Waals surface area contributed by atoms with Crippen LogP contribution in [0.5, 0.6) is 0 Å². The fourth-order valence-corrected chi connectivity index (χ4v) is 3.07. The van der Waals surface area contributed by atoms with Gasteiger partial charge < -0.3 is 25.6 Å². The van der Waals surface area contributed by atoms with Crippen LogP contribution in [0.25, 0.3) is 0 Å². The minimum atomic E-state index is -0.151. The molecule has 1 fully saturated rings. The van der Waals surface area contributed by atoms with Crippen molar-refractivity contribution in [2.75, 3.05) is 64.1 Å². The van der Waals surface area contributed by atoms with Crippen molar-refractivity contribution in [3.8, 4) is 0 Å².